The van der Waals surface area contributed by atoms with Crippen molar-refractivity contribution in [3.63, 3.8) is 0 Å². The smallest absolute Gasteiger partial charge is 0.293 e. The van der Waals surface area contributed by atoms with Gasteiger partial charge >= 0.3 is 0 Å². The van der Waals surface area contributed by atoms with Gasteiger partial charge in [-0.05, 0) is 53.7 Å². The first kappa shape index (κ1) is 18.7. The summed E-state index contributed by atoms with van der Waals surface area (Å²) >= 11 is 0.824. The molecule has 2 aromatic carbocycles. The van der Waals surface area contributed by atoms with E-state index in [1.54, 1.807) is 36.4 Å². The Morgan fingerprint density at radius 2 is 1.83 bits per heavy atom. The molecule has 0 aliphatic carbocycles. The van der Waals surface area contributed by atoms with Gasteiger partial charge in [-0.1, -0.05) is 24.3 Å². The maximum atomic E-state index is 13.0. The van der Waals surface area contributed by atoms with Gasteiger partial charge in [-0.2, -0.15) is 5.26 Å². The van der Waals surface area contributed by atoms with E-state index in [0.717, 1.165) is 16.7 Å². The van der Waals surface area contributed by atoms with Crippen molar-refractivity contribution >= 4 is 29.0 Å². The quantitative estimate of drug-likeness (QED) is 0.559. The lowest BCUT2D eigenvalue weighted by molar-refractivity contribution is -0.123. The minimum Gasteiger partial charge on any atom is -0.457 e. The second-order valence-electron chi connectivity index (χ2n) is 6.25. The van der Waals surface area contributed by atoms with E-state index < -0.39 is 11.1 Å². The van der Waals surface area contributed by atoms with E-state index in [9.17, 15) is 19.2 Å². The van der Waals surface area contributed by atoms with Crippen LogP contribution in [-0.4, -0.2) is 16.0 Å². The summed E-state index contributed by atoms with van der Waals surface area (Å²) in [5, 5.41) is 8.83. The topological polar surface area (TPSA) is 74.3 Å². The maximum Gasteiger partial charge on any atom is 0.293 e. The van der Waals surface area contributed by atoms with Crippen molar-refractivity contribution in [1.29, 1.82) is 5.26 Å². The molecule has 1 aliphatic rings. The van der Waals surface area contributed by atoms with E-state index in [2.05, 4.69) is 6.07 Å². The lowest BCUT2D eigenvalue weighted by Crippen LogP contribution is -2.27. The molecule has 0 radical (unpaired) electrons. The predicted molar refractivity (Wildman–Crippen MR) is 107 cm³/mol. The summed E-state index contributed by atoms with van der Waals surface area (Å²) in [6.07, 6.45) is 1.51. The highest BCUT2D eigenvalue weighted by atomic mass is 32.2. The number of nitrogens with zero attached hydrogens (tertiary/aromatic N) is 2. The molecule has 7 heteroatoms. The maximum absolute atomic E-state index is 13.0. The summed E-state index contributed by atoms with van der Waals surface area (Å²) in [7, 11) is 0. The highest BCUT2D eigenvalue weighted by Crippen LogP contribution is 2.34. The van der Waals surface area contributed by atoms with Crippen LogP contribution in [0.3, 0.4) is 0 Å². The summed E-state index contributed by atoms with van der Waals surface area (Å²) in [6, 6.07) is 18.2. The fourth-order valence-corrected chi connectivity index (χ4v) is 3.73. The summed E-state index contributed by atoms with van der Waals surface area (Å²) in [6.45, 7) is 0.0707. The van der Waals surface area contributed by atoms with Crippen molar-refractivity contribution in [2.45, 2.75) is 6.54 Å². The molecular weight excluding hydrogens is 391 g/mol. The molecule has 29 heavy (non-hydrogen) atoms. The van der Waals surface area contributed by atoms with Crippen LogP contribution in [0.4, 0.5) is 9.18 Å². The van der Waals surface area contributed by atoms with Crippen LogP contribution < -0.4 is 0 Å². The minimum atomic E-state index is -0.431. The zero-order valence-corrected chi connectivity index (χ0v) is 15.8. The third kappa shape index (κ3) is 3.84. The van der Waals surface area contributed by atoms with Crippen LogP contribution in [0.1, 0.15) is 16.9 Å². The van der Waals surface area contributed by atoms with E-state index in [-0.39, 0.29) is 17.3 Å². The van der Waals surface area contributed by atoms with E-state index in [0.29, 0.717) is 28.2 Å². The van der Waals surface area contributed by atoms with Crippen molar-refractivity contribution in [3.8, 4) is 17.4 Å². The largest absolute Gasteiger partial charge is 0.457 e. The minimum absolute atomic E-state index is 0.0707. The van der Waals surface area contributed by atoms with Gasteiger partial charge in [-0.15, -0.1) is 0 Å². The van der Waals surface area contributed by atoms with Gasteiger partial charge < -0.3 is 4.42 Å². The number of imide groups is 1. The number of nitriles is 1. The van der Waals surface area contributed by atoms with Gasteiger partial charge in [0, 0.05) is 11.6 Å². The van der Waals surface area contributed by atoms with Crippen LogP contribution in [0, 0.1) is 17.1 Å². The van der Waals surface area contributed by atoms with Gasteiger partial charge in [-0.3, -0.25) is 14.5 Å². The molecule has 4 rings (SSSR count). The Kier molecular flexibility index (Phi) is 5.02. The molecule has 0 bridgehead atoms. The Labute approximate surface area is 170 Å². The van der Waals surface area contributed by atoms with Crippen molar-refractivity contribution in [3.05, 3.63) is 88.3 Å². The molecule has 3 aromatic rings. The van der Waals surface area contributed by atoms with Crippen LogP contribution >= 0.6 is 11.8 Å². The number of amides is 2. The number of furan rings is 1. The number of thioether (sulfide) groups is 1. The average molecular weight is 404 g/mol. The molecule has 0 atom stereocenters. The average Bonchev–Trinajstić information content (AvgIpc) is 3.30. The van der Waals surface area contributed by atoms with Gasteiger partial charge in [-0.25, -0.2) is 4.39 Å². The van der Waals surface area contributed by atoms with Gasteiger partial charge in [0.25, 0.3) is 11.1 Å². The Morgan fingerprint density at radius 3 is 2.59 bits per heavy atom. The van der Waals surface area contributed by atoms with Crippen molar-refractivity contribution in [1.82, 2.24) is 4.90 Å². The number of carbonyl (C=O) groups excluding carboxylic acids is 2. The van der Waals surface area contributed by atoms with E-state index in [1.807, 2.05) is 0 Å². The first-order chi connectivity index (χ1) is 14.0. The molecule has 0 unspecified atom stereocenters. The number of hydrogen-bond donors (Lipinski definition) is 0. The molecule has 0 spiro atoms. The third-order valence-electron chi connectivity index (χ3n) is 4.34. The normalized spacial score (nSPS) is 15.2. The first-order valence-electron chi connectivity index (χ1n) is 8.64. The summed E-state index contributed by atoms with van der Waals surface area (Å²) in [5.74, 6) is 0.0908. The lowest BCUT2D eigenvalue weighted by atomic mass is 10.1. The number of benzene rings is 2. The van der Waals surface area contributed by atoms with Gasteiger partial charge in [0.15, 0.2) is 0 Å². The van der Waals surface area contributed by atoms with Crippen LogP contribution in [0.2, 0.25) is 0 Å². The third-order valence-corrected chi connectivity index (χ3v) is 5.25. The van der Waals surface area contributed by atoms with E-state index in [4.69, 9.17) is 4.42 Å². The monoisotopic (exact) mass is 404 g/mol. The molecule has 1 saturated heterocycles. The van der Waals surface area contributed by atoms with Crippen molar-refractivity contribution in [2.75, 3.05) is 0 Å². The van der Waals surface area contributed by atoms with Gasteiger partial charge in [0.1, 0.15) is 17.3 Å². The SMILES string of the molecule is N#Cc1ccccc1-c1ccc(C=C2SC(=O)N(Cc3ccc(F)cc3)C2=O)o1. The number of carbonyl (C=O) groups is 2. The Hall–Kier alpha value is -3.63. The fourth-order valence-electron chi connectivity index (χ4n) is 2.91. The lowest BCUT2D eigenvalue weighted by Gasteiger charge is -2.12. The molecule has 0 N–H and O–H groups in total. The van der Waals surface area contributed by atoms with Gasteiger partial charge in [0.05, 0.1) is 23.1 Å². The second kappa shape index (κ2) is 7.78. The highest BCUT2D eigenvalue weighted by molar-refractivity contribution is 8.18. The highest BCUT2D eigenvalue weighted by Gasteiger charge is 2.35. The molecule has 142 valence electrons. The fraction of sp³-hybridized carbons (Fsp3) is 0.0455. The Bertz CT molecular complexity index is 1180. The Balaban J connectivity index is 1.56. The van der Waals surface area contributed by atoms with E-state index >= 15 is 0 Å². The molecule has 0 saturated carbocycles. The molecule has 1 fully saturated rings. The predicted octanol–water partition coefficient (Wildman–Crippen LogP) is 5.19. The molecule has 2 heterocycles. The molecular formula is C22H13FN2O3S. The standard InChI is InChI=1S/C22H13FN2O3S/c23-16-7-5-14(6-8-16)13-25-21(26)20(29-22(25)27)11-17-9-10-19(28-17)18-4-2-1-3-15(18)12-24/h1-11H,13H2. The van der Waals surface area contributed by atoms with Crippen molar-refractivity contribution in [2.24, 2.45) is 0 Å². The van der Waals surface area contributed by atoms with Crippen LogP contribution in [-0.2, 0) is 11.3 Å². The van der Waals surface area contributed by atoms with Crippen molar-refractivity contribution < 1.29 is 18.4 Å². The number of halogens is 1. The van der Waals surface area contributed by atoms with E-state index in [1.165, 1.54) is 30.3 Å². The molecule has 1 aliphatic heterocycles. The Morgan fingerprint density at radius 1 is 1.07 bits per heavy atom. The zero-order valence-electron chi connectivity index (χ0n) is 15.0. The number of rotatable bonds is 4. The first-order valence-corrected chi connectivity index (χ1v) is 9.46. The molecule has 1 aromatic heterocycles. The second-order valence-corrected chi connectivity index (χ2v) is 7.25. The molecule has 2 amide bonds. The van der Waals surface area contributed by atoms with Crippen LogP contribution in [0.15, 0.2) is 70.0 Å². The molecule has 5 nitrogen and oxygen atoms in total. The summed E-state index contributed by atoms with van der Waals surface area (Å²) in [5.41, 5.74) is 1.79. The van der Waals surface area contributed by atoms with Crippen LogP contribution in [0.5, 0.6) is 0 Å². The summed E-state index contributed by atoms with van der Waals surface area (Å²) in [4.78, 5) is 26.2. The van der Waals surface area contributed by atoms with Crippen LogP contribution in [0.25, 0.3) is 17.4 Å². The summed E-state index contributed by atoms with van der Waals surface area (Å²) < 4.78 is 18.8. The number of hydrogen-bond acceptors (Lipinski definition) is 5. The zero-order chi connectivity index (χ0) is 20.4. The van der Waals surface area contributed by atoms with Gasteiger partial charge in [0.2, 0.25) is 0 Å².